The number of sulfonamides is 1. The van der Waals surface area contributed by atoms with E-state index in [1.165, 1.54) is 0 Å². The van der Waals surface area contributed by atoms with Crippen LogP contribution in [0.1, 0.15) is 22.3 Å². The van der Waals surface area contributed by atoms with E-state index in [4.69, 9.17) is 0 Å². The van der Waals surface area contributed by atoms with Gasteiger partial charge in [-0.2, -0.15) is 0 Å². The van der Waals surface area contributed by atoms with Crippen molar-refractivity contribution in [3.8, 4) is 0 Å². The summed E-state index contributed by atoms with van der Waals surface area (Å²) in [4.78, 5) is 16.3. The van der Waals surface area contributed by atoms with Crippen molar-refractivity contribution >= 4 is 21.6 Å². The maximum absolute atomic E-state index is 12.3. The van der Waals surface area contributed by atoms with Gasteiger partial charge in [0.2, 0.25) is 15.9 Å². The van der Waals surface area contributed by atoms with Crippen LogP contribution in [0, 0.1) is 20.8 Å². The fourth-order valence-corrected chi connectivity index (χ4v) is 3.79. The van der Waals surface area contributed by atoms with Gasteiger partial charge >= 0.3 is 0 Å². The lowest BCUT2D eigenvalue weighted by Gasteiger charge is -2.26. The van der Waals surface area contributed by atoms with Gasteiger partial charge in [0.25, 0.3) is 0 Å². The first-order valence-corrected chi connectivity index (χ1v) is 9.74. The number of rotatable bonds is 6. The Bertz CT molecular complexity index is 841. The molecule has 0 saturated carbocycles. The standard InChI is InChI=1S/C18H23N3O3S/c1-13-8-14(2)18(15(3)9-13)21(25(4,23)24)12-17(22)20-11-16-6-5-7-19-10-16/h5-10H,11-12H2,1-4H3,(H,20,22). The second-order valence-electron chi connectivity index (χ2n) is 6.15. The first kappa shape index (κ1) is 18.9. The summed E-state index contributed by atoms with van der Waals surface area (Å²) in [7, 11) is -3.59. The molecule has 134 valence electrons. The molecule has 6 nitrogen and oxygen atoms in total. The van der Waals surface area contributed by atoms with Crippen molar-refractivity contribution in [1.82, 2.24) is 10.3 Å². The van der Waals surface area contributed by atoms with Gasteiger partial charge in [-0.1, -0.05) is 23.8 Å². The van der Waals surface area contributed by atoms with Crippen molar-refractivity contribution in [2.45, 2.75) is 27.3 Å². The molecule has 1 amide bonds. The summed E-state index contributed by atoms with van der Waals surface area (Å²) in [5.41, 5.74) is 4.10. The number of benzene rings is 1. The van der Waals surface area contributed by atoms with E-state index in [0.717, 1.165) is 32.8 Å². The molecule has 0 unspecified atom stereocenters. The van der Waals surface area contributed by atoms with Crippen LogP contribution in [0.5, 0.6) is 0 Å². The molecule has 1 aromatic heterocycles. The average Bonchev–Trinajstić information content (AvgIpc) is 2.51. The van der Waals surface area contributed by atoms with Gasteiger partial charge in [-0.3, -0.25) is 14.1 Å². The molecular formula is C18H23N3O3S. The van der Waals surface area contributed by atoms with Crippen molar-refractivity contribution in [2.24, 2.45) is 0 Å². The molecule has 0 radical (unpaired) electrons. The zero-order valence-corrected chi connectivity index (χ0v) is 15.7. The van der Waals surface area contributed by atoms with Gasteiger partial charge in [-0.25, -0.2) is 8.42 Å². The fourth-order valence-electron chi connectivity index (χ4n) is 2.82. The van der Waals surface area contributed by atoms with Crippen LogP contribution in [0.2, 0.25) is 0 Å². The lowest BCUT2D eigenvalue weighted by molar-refractivity contribution is -0.119. The highest BCUT2D eigenvalue weighted by Gasteiger charge is 2.24. The van der Waals surface area contributed by atoms with E-state index in [1.807, 2.05) is 39.0 Å². The topological polar surface area (TPSA) is 79.4 Å². The third-order valence-corrected chi connectivity index (χ3v) is 4.90. The van der Waals surface area contributed by atoms with Crippen molar-refractivity contribution in [1.29, 1.82) is 0 Å². The number of aromatic nitrogens is 1. The van der Waals surface area contributed by atoms with Crippen LogP contribution >= 0.6 is 0 Å². The quantitative estimate of drug-likeness (QED) is 0.854. The number of anilines is 1. The van der Waals surface area contributed by atoms with Crippen LogP contribution < -0.4 is 9.62 Å². The largest absolute Gasteiger partial charge is 0.350 e. The summed E-state index contributed by atoms with van der Waals surface area (Å²) in [5, 5.41) is 2.74. The highest BCUT2D eigenvalue weighted by Crippen LogP contribution is 2.28. The van der Waals surface area contributed by atoms with Crippen LogP contribution in [0.4, 0.5) is 5.69 Å². The van der Waals surface area contributed by atoms with Gasteiger partial charge < -0.3 is 5.32 Å². The predicted molar refractivity (Wildman–Crippen MR) is 98.9 cm³/mol. The molecule has 0 fully saturated rings. The van der Waals surface area contributed by atoms with Gasteiger partial charge in [0.1, 0.15) is 6.54 Å². The SMILES string of the molecule is Cc1cc(C)c(N(CC(=O)NCc2cccnc2)S(C)(=O)=O)c(C)c1. The van der Waals surface area contributed by atoms with Crippen molar-refractivity contribution < 1.29 is 13.2 Å². The lowest BCUT2D eigenvalue weighted by Crippen LogP contribution is -2.40. The molecule has 1 heterocycles. The van der Waals surface area contributed by atoms with Crippen molar-refractivity contribution in [2.75, 3.05) is 17.1 Å². The summed E-state index contributed by atoms with van der Waals surface area (Å²) >= 11 is 0. The van der Waals surface area contributed by atoms with Crippen molar-refractivity contribution in [3.63, 3.8) is 0 Å². The Balaban J connectivity index is 2.21. The number of hydrogen-bond acceptors (Lipinski definition) is 4. The molecule has 0 atom stereocenters. The van der Waals surface area contributed by atoms with Gasteiger partial charge in [0, 0.05) is 18.9 Å². The predicted octanol–water partition coefficient (Wildman–Crippen LogP) is 2.09. The zero-order valence-electron chi connectivity index (χ0n) is 14.9. The minimum absolute atomic E-state index is 0.260. The average molecular weight is 361 g/mol. The minimum Gasteiger partial charge on any atom is -0.350 e. The number of pyridine rings is 1. The van der Waals surface area contributed by atoms with Crippen LogP contribution in [-0.2, 0) is 21.4 Å². The fraction of sp³-hybridized carbons (Fsp3) is 0.333. The normalized spacial score (nSPS) is 11.2. The highest BCUT2D eigenvalue weighted by molar-refractivity contribution is 7.92. The lowest BCUT2D eigenvalue weighted by atomic mass is 10.1. The Labute approximate surface area is 148 Å². The van der Waals surface area contributed by atoms with Crippen LogP contribution in [0.25, 0.3) is 0 Å². The summed E-state index contributed by atoms with van der Waals surface area (Å²) < 4.78 is 25.7. The van der Waals surface area contributed by atoms with E-state index in [1.54, 1.807) is 18.5 Å². The Morgan fingerprint density at radius 1 is 1.20 bits per heavy atom. The second kappa shape index (κ2) is 7.65. The Morgan fingerprint density at radius 2 is 1.84 bits per heavy atom. The van der Waals surface area contributed by atoms with E-state index >= 15 is 0 Å². The summed E-state index contributed by atoms with van der Waals surface area (Å²) in [6.45, 7) is 5.69. The number of nitrogens with one attached hydrogen (secondary N) is 1. The smallest absolute Gasteiger partial charge is 0.241 e. The maximum Gasteiger partial charge on any atom is 0.241 e. The van der Waals surface area contributed by atoms with Gasteiger partial charge in [-0.15, -0.1) is 0 Å². The molecule has 0 aliphatic carbocycles. The summed E-state index contributed by atoms with van der Waals surface area (Å²) in [5.74, 6) is -0.367. The zero-order chi connectivity index (χ0) is 18.6. The second-order valence-corrected chi connectivity index (χ2v) is 8.06. The monoisotopic (exact) mass is 361 g/mol. The number of carbonyl (C=O) groups excluding carboxylic acids is 1. The summed E-state index contributed by atoms with van der Waals surface area (Å²) in [6, 6.07) is 7.45. The number of amides is 1. The third kappa shape index (κ3) is 5.03. The molecule has 0 spiro atoms. The molecule has 0 saturated heterocycles. The highest BCUT2D eigenvalue weighted by atomic mass is 32.2. The van der Waals surface area contributed by atoms with E-state index in [0.29, 0.717) is 12.2 Å². The number of aryl methyl sites for hydroxylation is 3. The third-order valence-electron chi connectivity index (χ3n) is 3.78. The van der Waals surface area contributed by atoms with E-state index < -0.39 is 10.0 Å². The first-order chi connectivity index (χ1) is 11.7. The summed E-state index contributed by atoms with van der Waals surface area (Å²) in [6.07, 6.45) is 4.42. The Kier molecular flexibility index (Phi) is 5.79. The molecule has 0 aliphatic heterocycles. The van der Waals surface area contributed by atoms with Crippen LogP contribution in [0.15, 0.2) is 36.7 Å². The van der Waals surface area contributed by atoms with E-state index in [-0.39, 0.29) is 12.5 Å². The Hall–Kier alpha value is -2.41. The molecule has 0 aliphatic rings. The maximum atomic E-state index is 12.3. The molecule has 1 N–H and O–H groups in total. The van der Waals surface area contributed by atoms with Gasteiger partial charge in [0.15, 0.2) is 0 Å². The first-order valence-electron chi connectivity index (χ1n) is 7.89. The molecule has 2 rings (SSSR count). The molecule has 1 aromatic carbocycles. The van der Waals surface area contributed by atoms with E-state index in [9.17, 15) is 13.2 Å². The Morgan fingerprint density at radius 3 is 2.36 bits per heavy atom. The van der Waals surface area contributed by atoms with Gasteiger partial charge in [0.05, 0.1) is 11.9 Å². The number of nitrogens with zero attached hydrogens (tertiary/aromatic N) is 2. The van der Waals surface area contributed by atoms with Crippen LogP contribution in [-0.4, -0.2) is 32.1 Å². The van der Waals surface area contributed by atoms with E-state index in [2.05, 4.69) is 10.3 Å². The number of carbonyl (C=O) groups is 1. The molecule has 2 aromatic rings. The minimum atomic E-state index is -3.59. The van der Waals surface area contributed by atoms with Crippen molar-refractivity contribution in [3.05, 3.63) is 58.9 Å². The molecule has 25 heavy (non-hydrogen) atoms. The van der Waals surface area contributed by atoms with Gasteiger partial charge in [-0.05, 0) is 43.5 Å². The molecule has 7 heteroatoms. The van der Waals surface area contributed by atoms with Crippen LogP contribution in [0.3, 0.4) is 0 Å². The molecule has 0 bridgehead atoms. The molecular weight excluding hydrogens is 338 g/mol. The number of hydrogen-bond donors (Lipinski definition) is 1.